The van der Waals surface area contributed by atoms with Gasteiger partial charge in [0.15, 0.2) is 0 Å². The number of aliphatic carboxylic acids is 1. The Morgan fingerprint density at radius 3 is 2.44 bits per heavy atom. The number of amides is 1. The van der Waals surface area contributed by atoms with Crippen molar-refractivity contribution in [3.8, 4) is 0 Å². The van der Waals surface area contributed by atoms with Crippen LogP contribution in [-0.4, -0.2) is 47.7 Å². The second-order valence-electron chi connectivity index (χ2n) is 6.83. The average molecular weight is 353 g/mol. The molecule has 2 atom stereocenters. The molecule has 1 heterocycles. The zero-order valence-corrected chi connectivity index (χ0v) is 14.0. The quantitative estimate of drug-likeness (QED) is 0.883. The minimum Gasteiger partial charge on any atom is -0.481 e. The molecule has 0 aromatic heterocycles. The number of benzene rings is 1. The van der Waals surface area contributed by atoms with E-state index < -0.39 is 35.0 Å². The van der Waals surface area contributed by atoms with Gasteiger partial charge in [-0.15, -0.1) is 0 Å². The third-order valence-corrected chi connectivity index (χ3v) is 5.44. The number of carboxylic acids is 1. The average Bonchev–Trinajstić information content (AvgIpc) is 2.91. The number of methoxy groups -OCH3 is 1. The van der Waals surface area contributed by atoms with Crippen molar-refractivity contribution in [3.63, 3.8) is 0 Å². The minimum atomic E-state index is -1.24. The fourth-order valence-corrected chi connectivity index (χ4v) is 4.02. The van der Waals surface area contributed by atoms with Crippen molar-refractivity contribution in [2.45, 2.75) is 49.7 Å². The predicted octanol–water partition coefficient (Wildman–Crippen LogP) is 2.48. The minimum absolute atomic E-state index is 0.193. The lowest BCUT2D eigenvalue weighted by Gasteiger charge is -2.44. The van der Waals surface area contributed by atoms with Crippen molar-refractivity contribution in [3.05, 3.63) is 35.4 Å². The number of carboxylic acid groups (broad SMARTS) is 1. The lowest BCUT2D eigenvalue weighted by Crippen LogP contribution is -2.53. The molecule has 1 saturated carbocycles. The van der Waals surface area contributed by atoms with E-state index in [0.29, 0.717) is 25.7 Å². The van der Waals surface area contributed by atoms with Crippen LogP contribution in [-0.2, 0) is 19.7 Å². The van der Waals surface area contributed by atoms with Gasteiger partial charge in [-0.2, -0.15) is 0 Å². The molecule has 1 aliphatic heterocycles. The van der Waals surface area contributed by atoms with Crippen molar-refractivity contribution < 1.29 is 28.2 Å². The summed E-state index contributed by atoms with van der Waals surface area (Å²) in [7, 11) is 1.51. The molecule has 0 radical (unpaired) electrons. The van der Waals surface area contributed by atoms with E-state index in [1.165, 1.54) is 18.1 Å². The molecule has 1 amide bonds. The van der Waals surface area contributed by atoms with Crippen LogP contribution in [0, 0.1) is 11.6 Å². The van der Waals surface area contributed by atoms with Crippen LogP contribution in [0.2, 0.25) is 0 Å². The molecule has 2 fully saturated rings. The number of ether oxygens (including phenoxy) is 1. The van der Waals surface area contributed by atoms with Gasteiger partial charge in [-0.05, 0) is 31.4 Å². The van der Waals surface area contributed by atoms with Crippen molar-refractivity contribution in [1.82, 2.24) is 4.90 Å². The molecule has 2 aliphatic rings. The van der Waals surface area contributed by atoms with Gasteiger partial charge in [0.25, 0.3) is 0 Å². The molecule has 7 heteroatoms. The van der Waals surface area contributed by atoms with Crippen LogP contribution in [0.25, 0.3) is 0 Å². The Morgan fingerprint density at radius 1 is 1.32 bits per heavy atom. The Balaban J connectivity index is 1.95. The molecule has 0 spiro atoms. The van der Waals surface area contributed by atoms with Gasteiger partial charge in [-0.3, -0.25) is 9.59 Å². The lowest BCUT2D eigenvalue weighted by atomic mass is 9.63. The number of hydrogen-bond donors (Lipinski definition) is 1. The Labute approximate surface area is 144 Å². The Bertz CT molecular complexity index is 669. The summed E-state index contributed by atoms with van der Waals surface area (Å²) in [6.45, 7) is 0.241. The molecule has 0 bridgehead atoms. The van der Waals surface area contributed by atoms with Gasteiger partial charge in [0.2, 0.25) is 5.91 Å². The number of nitrogens with zero attached hydrogens (tertiary/aromatic N) is 1. The van der Waals surface area contributed by atoms with Crippen LogP contribution in [0.5, 0.6) is 0 Å². The maximum absolute atomic E-state index is 14.3. The second-order valence-corrected chi connectivity index (χ2v) is 6.83. The number of halogens is 2. The molecule has 2 unspecified atom stereocenters. The van der Waals surface area contributed by atoms with Gasteiger partial charge >= 0.3 is 5.97 Å². The van der Waals surface area contributed by atoms with E-state index in [4.69, 9.17) is 9.84 Å². The maximum atomic E-state index is 14.3. The van der Waals surface area contributed by atoms with E-state index in [2.05, 4.69) is 0 Å². The largest absolute Gasteiger partial charge is 0.481 e. The van der Waals surface area contributed by atoms with Crippen molar-refractivity contribution >= 4 is 11.9 Å². The molecule has 1 aromatic rings. The van der Waals surface area contributed by atoms with E-state index in [0.717, 1.165) is 12.1 Å². The summed E-state index contributed by atoms with van der Waals surface area (Å²) in [5.74, 6) is -2.87. The number of carbonyl (C=O) groups is 2. The summed E-state index contributed by atoms with van der Waals surface area (Å²) in [6.07, 6.45) is 1.35. The zero-order chi connectivity index (χ0) is 18.2. The Hall–Kier alpha value is -2.02. The van der Waals surface area contributed by atoms with Gasteiger partial charge in [0, 0.05) is 25.3 Å². The van der Waals surface area contributed by atoms with E-state index in [1.54, 1.807) is 0 Å². The van der Waals surface area contributed by atoms with Crippen LogP contribution in [0.3, 0.4) is 0 Å². The highest BCUT2D eigenvalue weighted by molar-refractivity contribution is 5.90. The smallest absolute Gasteiger partial charge is 0.305 e. The Morgan fingerprint density at radius 2 is 1.96 bits per heavy atom. The van der Waals surface area contributed by atoms with E-state index >= 15 is 0 Å². The summed E-state index contributed by atoms with van der Waals surface area (Å²) in [6, 6.07) is 3.06. The molecule has 3 rings (SSSR count). The zero-order valence-electron chi connectivity index (χ0n) is 14.0. The standard InChI is InChI=1S/C18H21F2NO4/c1-25-12-8-11(9-15(22)23)21(10-12)17(24)18(6-3-7-18)16-13(19)4-2-5-14(16)20/h2,4-5,11-12H,3,6-10H2,1H3,(H,22,23). The highest BCUT2D eigenvalue weighted by Crippen LogP contribution is 2.48. The van der Waals surface area contributed by atoms with Crippen LogP contribution in [0.4, 0.5) is 8.78 Å². The third kappa shape index (κ3) is 3.01. The number of rotatable bonds is 5. The van der Waals surface area contributed by atoms with Gasteiger partial charge in [0.05, 0.1) is 17.9 Å². The summed E-state index contributed by atoms with van der Waals surface area (Å²) in [5, 5.41) is 9.11. The van der Waals surface area contributed by atoms with E-state index in [9.17, 15) is 18.4 Å². The summed E-state index contributed by atoms with van der Waals surface area (Å²) in [4.78, 5) is 25.8. The number of carbonyl (C=O) groups excluding carboxylic acids is 1. The van der Waals surface area contributed by atoms with Crippen molar-refractivity contribution in [1.29, 1.82) is 0 Å². The highest BCUT2D eigenvalue weighted by Gasteiger charge is 2.53. The lowest BCUT2D eigenvalue weighted by molar-refractivity contribution is -0.145. The molecule has 5 nitrogen and oxygen atoms in total. The van der Waals surface area contributed by atoms with Gasteiger partial charge in [-0.25, -0.2) is 8.78 Å². The fraction of sp³-hybridized carbons (Fsp3) is 0.556. The SMILES string of the molecule is COC1CC(CC(=O)O)N(C(=O)C2(c3c(F)cccc3F)CCC2)C1. The van der Waals surface area contributed by atoms with Gasteiger partial charge < -0.3 is 14.7 Å². The third-order valence-electron chi connectivity index (χ3n) is 5.44. The first kappa shape index (κ1) is 17.8. The first-order chi connectivity index (χ1) is 11.9. The number of likely N-dealkylation sites (tertiary alicyclic amines) is 1. The highest BCUT2D eigenvalue weighted by atomic mass is 19.1. The molecule has 1 saturated heterocycles. The predicted molar refractivity (Wildman–Crippen MR) is 85.1 cm³/mol. The normalized spacial score (nSPS) is 24.8. The summed E-state index contributed by atoms with van der Waals surface area (Å²) in [5.41, 5.74) is -1.43. The summed E-state index contributed by atoms with van der Waals surface area (Å²) < 4.78 is 34.0. The van der Waals surface area contributed by atoms with Gasteiger partial charge in [-0.1, -0.05) is 12.5 Å². The van der Waals surface area contributed by atoms with Crippen LogP contribution < -0.4 is 0 Å². The molecule has 25 heavy (non-hydrogen) atoms. The molecule has 1 aliphatic carbocycles. The first-order valence-electron chi connectivity index (χ1n) is 8.39. The van der Waals surface area contributed by atoms with Crippen LogP contribution >= 0.6 is 0 Å². The molecule has 1 N–H and O–H groups in total. The molecule has 1 aromatic carbocycles. The molecular weight excluding hydrogens is 332 g/mol. The topological polar surface area (TPSA) is 66.8 Å². The van der Waals surface area contributed by atoms with Crippen LogP contribution in [0.1, 0.15) is 37.7 Å². The fourth-order valence-electron chi connectivity index (χ4n) is 4.02. The maximum Gasteiger partial charge on any atom is 0.305 e. The van der Waals surface area contributed by atoms with Crippen LogP contribution in [0.15, 0.2) is 18.2 Å². The first-order valence-corrected chi connectivity index (χ1v) is 8.39. The summed E-state index contributed by atoms with van der Waals surface area (Å²) >= 11 is 0. The van der Waals surface area contributed by atoms with Gasteiger partial charge in [0.1, 0.15) is 11.6 Å². The Kier molecular flexibility index (Phi) is 4.77. The van der Waals surface area contributed by atoms with Crippen molar-refractivity contribution in [2.24, 2.45) is 0 Å². The monoisotopic (exact) mass is 353 g/mol. The second kappa shape index (κ2) is 6.71. The number of hydrogen-bond acceptors (Lipinski definition) is 3. The van der Waals surface area contributed by atoms with E-state index in [-0.39, 0.29) is 24.6 Å². The van der Waals surface area contributed by atoms with Crippen molar-refractivity contribution in [2.75, 3.05) is 13.7 Å². The molecular formula is C18H21F2NO4. The van der Waals surface area contributed by atoms with E-state index in [1.807, 2.05) is 0 Å². The molecule has 136 valence electrons.